The molecule has 2 saturated carbocycles. The highest BCUT2D eigenvalue weighted by Gasteiger charge is 2.52. The van der Waals surface area contributed by atoms with Crippen molar-refractivity contribution in [3.8, 4) is 0 Å². The summed E-state index contributed by atoms with van der Waals surface area (Å²) in [4.78, 5) is 11.5. The zero-order valence-electron chi connectivity index (χ0n) is 9.98. The Hall–Kier alpha value is -0.620. The third kappa shape index (κ3) is 2.20. The van der Waals surface area contributed by atoms with Crippen LogP contribution in [0.1, 0.15) is 45.4 Å². The number of nitrogens with one attached hydrogen (secondary N) is 1. The minimum Gasteiger partial charge on any atom is -0.480 e. The summed E-state index contributed by atoms with van der Waals surface area (Å²) in [5.41, 5.74) is -1.25. The molecule has 0 spiro atoms. The SMILES string of the molecule is CCC1CCCC1(NS(=O)(=O)C1CC1)C(=O)O. The van der Waals surface area contributed by atoms with Crippen molar-refractivity contribution in [3.05, 3.63) is 0 Å². The van der Waals surface area contributed by atoms with Gasteiger partial charge in [-0.25, -0.2) is 8.42 Å². The quantitative estimate of drug-likeness (QED) is 0.776. The fourth-order valence-corrected chi connectivity index (χ4v) is 4.59. The average Bonchev–Trinajstić information content (AvgIpc) is 3.02. The molecule has 2 fully saturated rings. The molecule has 0 bridgehead atoms. The van der Waals surface area contributed by atoms with Gasteiger partial charge in [0.15, 0.2) is 0 Å². The standard InChI is InChI=1S/C11H19NO4S/c1-2-8-4-3-7-11(8,10(13)14)12-17(15,16)9-5-6-9/h8-9,12H,2-7H2,1H3,(H,13,14). The highest BCUT2D eigenvalue weighted by Crippen LogP contribution is 2.40. The van der Waals surface area contributed by atoms with E-state index in [0.717, 1.165) is 12.8 Å². The molecule has 5 nitrogen and oxygen atoms in total. The van der Waals surface area contributed by atoms with Gasteiger partial charge in [0.25, 0.3) is 0 Å². The monoisotopic (exact) mass is 261 g/mol. The van der Waals surface area contributed by atoms with E-state index in [1.807, 2.05) is 6.92 Å². The molecule has 0 amide bonds. The van der Waals surface area contributed by atoms with Crippen LogP contribution in [-0.4, -0.2) is 30.3 Å². The maximum absolute atomic E-state index is 11.9. The molecular formula is C11H19NO4S. The normalized spacial score (nSPS) is 33.8. The zero-order chi connectivity index (χ0) is 12.7. The Morgan fingerprint density at radius 1 is 1.41 bits per heavy atom. The van der Waals surface area contributed by atoms with E-state index in [0.29, 0.717) is 25.7 Å². The molecule has 6 heteroatoms. The highest BCUT2D eigenvalue weighted by atomic mass is 32.2. The minimum absolute atomic E-state index is 0.0893. The van der Waals surface area contributed by atoms with E-state index in [9.17, 15) is 18.3 Å². The number of carboxylic acids is 1. The summed E-state index contributed by atoms with van der Waals surface area (Å²) in [6.07, 6.45) is 3.98. The van der Waals surface area contributed by atoms with Gasteiger partial charge in [0.2, 0.25) is 10.0 Å². The first-order valence-electron chi connectivity index (χ1n) is 6.18. The van der Waals surface area contributed by atoms with Gasteiger partial charge in [-0.3, -0.25) is 4.79 Å². The molecule has 0 saturated heterocycles. The van der Waals surface area contributed by atoms with E-state index in [4.69, 9.17) is 0 Å². The number of carbonyl (C=O) groups is 1. The molecule has 0 aromatic carbocycles. The van der Waals surface area contributed by atoms with Gasteiger partial charge in [0.1, 0.15) is 5.54 Å². The van der Waals surface area contributed by atoms with Crippen LogP contribution in [0.25, 0.3) is 0 Å². The number of rotatable bonds is 5. The topological polar surface area (TPSA) is 83.5 Å². The summed E-state index contributed by atoms with van der Waals surface area (Å²) in [6.45, 7) is 1.92. The molecule has 0 aliphatic heterocycles. The summed E-state index contributed by atoms with van der Waals surface area (Å²) < 4.78 is 26.4. The van der Waals surface area contributed by atoms with Gasteiger partial charge >= 0.3 is 5.97 Å². The lowest BCUT2D eigenvalue weighted by molar-refractivity contribution is -0.145. The van der Waals surface area contributed by atoms with Crippen LogP contribution in [0.2, 0.25) is 0 Å². The first kappa shape index (κ1) is 12.8. The molecule has 2 aliphatic rings. The van der Waals surface area contributed by atoms with Crippen molar-refractivity contribution in [1.82, 2.24) is 4.72 Å². The summed E-state index contributed by atoms with van der Waals surface area (Å²) in [7, 11) is -3.45. The van der Waals surface area contributed by atoms with Gasteiger partial charge in [-0.05, 0) is 31.6 Å². The van der Waals surface area contributed by atoms with E-state index in [1.54, 1.807) is 0 Å². The van der Waals surface area contributed by atoms with Crippen molar-refractivity contribution in [1.29, 1.82) is 0 Å². The Kier molecular flexibility index (Phi) is 3.20. The molecule has 2 rings (SSSR count). The average molecular weight is 261 g/mol. The van der Waals surface area contributed by atoms with Crippen LogP contribution < -0.4 is 4.72 Å². The molecular weight excluding hydrogens is 242 g/mol. The van der Waals surface area contributed by atoms with Crippen molar-refractivity contribution in [2.24, 2.45) is 5.92 Å². The smallest absolute Gasteiger partial charge is 0.325 e. The van der Waals surface area contributed by atoms with Gasteiger partial charge in [-0.1, -0.05) is 19.8 Å². The number of carboxylic acid groups (broad SMARTS) is 1. The fraction of sp³-hybridized carbons (Fsp3) is 0.909. The Labute approximate surface area is 102 Å². The second kappa shape index (κ2) is 4.24. The lowest BCUT2D eigenvalue weighted by Gasteiger charge is -2.31. The third-order valence-corrected chi connectivity index (χ3v) is 5.98. The van der Waals surface area contributed by atoms with Crippen molar-refractivity contribution in [2.45, 2.75) is 56.2 Å². The van der Waals surface area contributed by atoms with Crippen molar-refractivity contribution in [2.75, 3.05) is 0 Å². The molecule has 0 radical (unpaired) electrons. The second-order valence-corrected chi connectivity index (χ2v) is 7.08. The Morgan fingerprint density at radius 2 is 2.06 bits per heavy atom. The molecule has 2 unspecified atom stereocenters. The summed E-state index contributed by atoms with van der Waals surface area (Å²) in [6, 6.07) is 0. The Bertz CT molecular complexity index is 415. The number of aliphatic carboxylic acids is 1. The summed E-state index contributed by atoms with van der Waals surface area (Å²) in [5.74, 6) is -1.11. The summed E-state index contributed by atoms with van der Waals surface area (Å²) >= 11 is 0. The van der Waals surface area contributed by atoms with Crippen molar-refractivity contribution < 1.29 is 18.3 Å². The largest absolute Gasteiger partial charge is 0.480 e. The van der Waals surface area contributed by atoms with E-state index < -0.39 is 21.5 Å². The van der Waals surface area contributed by atoms with Crippen LogP contribution >= 0.6 is 0 Å². The fourth-order valence-electron chi connectivity index (χ4n) is 2.81. The van der Waals surface area contributed by atoms with E-state index in [-0.39, 0.29) is 11.2 Å². The van der Waals surface area contributed by atoms with Gasteiger partial charge in [0, 0.05) is 0 Å². The predicted molar refractivity (Wildman–Crippen MR) is 63.1 cm³/mol. The zero-order valence-corrected chi connectivity index (χ0v) is 10.8. The van der Waals surface area contributed by atoms with Gasteiger partial charge < -0.3 is 5.11 Å². The van der Waals surface area contributed by atoms with Crippen molar-refractivity contribution >= 4 is 16.0 Å². The maximum atomic E-state index is 11.9. The van der Waals surface area contributed by atoms with Gasteiger partial charge in [0.05, 0.1) is 5.25 Å². The molecule has 98 valence electrons. The third-order valence-electron chi connectivity index (χ3n) is 3.98. The Balaban J connectivity index is 2.26. The molecule has 0 heterocycles. The lowest BCUT2D eigenvalue weighted by Crippen LogP contribution is -2.57. The molecule has 17 heavy (non-hydrogen) atoms. The molecule has 2 atom stereocenters. The minimum atomic E-state index is -3.45. The van der Waals surface area contributed by atoms with Crippen LogP contribution in [0.4, 0.5) is 0 Å². The van der Waals surface area contributed by atoms with Crippen LogP contribution in [0, 0.1) is 5.92 Å². The van der Waals surface area contributed by atoms with Gasteiger partial charge in [-0.15, -0.1) is 0 Å². The van der Waals surface area contributed by atoms with E-state index in [2.05, 4.69) is 4.72 Å². The van der Waals surface area contributed by atoms with Gasteiger partial charge in [-0.2, -0.15) is 4.72 Å². The first-order valence-corrected chi connectivity index (χ1v) is 7.73. The first-order chi connectivity index (χ1) is 7.92. The van der Waals surface area contributed by atoms with Crippen LogP contribution in [0.15, 0.2) is 0 Å². The maximum Gasteiger partial charge on any atom is 0.325 e. The lowest BCUT2D eigenvalue weighted by atomic mass is 9.86. The molecule has 2 aliphatic carbocycles. The van der Waals surface area contributed by atoms with Crippen LogP contribution in [-0.2, 0) is 14.8 Å². The highest BCUT2D eigenvalue weighted by molar-refractivity contribution is 7.90. The van der Waals surface area contributed by atoms with E-state index in [1.165, 1.54) is 0 Å². The number of hydrogen-bond acceptors (Lipinski definition) is 3. The van der Waals surface area contributed by atoms with Crippen molar-refractivity contribution in [3.63, 3.8) is 0 Å². The molecule has 0 aromatic heterocycles. The van der Waals surface area contributed by atoms with Crippen LogP contribution in [0.3, 0.4) is 0 Å². The van der Waals surface area contributed by atoms with E-state index >= 15 is 0 Å². The molecule has 0 aromatic rings. The second-order valence-electron chi connectivity index (χ2n) is 5.12. The van der Waals surface area contributed by atoms with Crippen LogP contribution in [0.5, 0.6) is 0 Å². The number of hydrogen-bond donors (Lipinski definition) is 2. The molecule has 2 N–H and O–H groups in total. The Morgan fingerprint density at radius 3 is 2.53 bits per heavy atom. The predicted octanol–water partition coefficient (Wildman–Crippen LogP) is 1.10. The number of sulfonamides is 1. The summed E-state index contributed by atoms with van der Waals surface area (Å²) in [5, 5.41) is 9.04.